The van der Waals surface area contributed by atoms with Gasteiger partial charge in [0.15, 0.2) is 11.6 Å². The Morgan fingerprint density at radius 3 is 2.45 bits per heavy atom. The standard InChI is InChI=1S/C24H30N8O/c1-18-5-3-7-21(19(18)2)29-11-13-30(14-12-29)24(33)20-6-4-10-31(15-20)22-8-9-23(28-27-22)32-17-25-16-26-32/h3,5,7-9,16-17,20H,4,6,10-15H2,1-2H3. The van der Waals surface area contributed by atoms with E-state index in [4.69, 9.17) is 0 Å². The zero-order chi connectivity index (χ0) is 22.8. The summed E-state index contributed by atoms with van der Waals surface area (Å²) in [6, 6.07) is 10.3. The van der Waals surface area contributed by atoms with Gasteiger partial charge in [-0.05, 0) is 56.0 Å². The number of aromatic nitrogens is 5. The second-order valence-corrected chi connectivity index (χ2v) is 8.91. The molecule has 2 aliphatic rings. The van der Waals surface area contributed by atoms with Crippen LogP contribution >= 0.6 is 0 Å². The predicted molar refractivity (Wildman–Crippen MR) is 127 cm³/mol. The van der Waals surface area contributed by atoms with Crippen LogP contribution in [0.25, 0.3) is 5.82 Å². The molecule has 4 heterocycles. The summed E-state index contributed by atoms with van der Waals surface area (Å²) in [4.78, 5) is 23.9. The number of benzene rings is 1. The summed E-state index contributed by atoms with van der Waals surface area (Å²) in [6.45, 7) is 9.21. The Bertz CT molecular complexity index is 1090. The molecule has 1 aromatic carbocycles. The van der Waals surface area contributed by atoms with Crippen molar-refractivity contribution in [3.63, 3.8) is 0 Å². The molecule has 0 spiro atoms. The average molecular weight is 447 g/mol. The highest BCUT2D eigenvalue weighted by Gasteiger charge is 2.32. The molecule has 33 heavy (non-hydrogen) atoms. The number of carbonyl (C=O) groups excluding carboxylic acids is 1. The molecule has 2 aromatic heterocycles. The fourth-order valence-corrected chi connectivity index (χ4v) is 4.83. The lowest BCUT2D eigenvalue weighted by Crippen LogP contribution is -2.52. The molecular weight excluding hydrogens is 416 g/mol. The van der Waals surface area contributed by atoms with E-state index in [1.807, 2.05) is 12.1 Å². The highest BCUT2D eigenvalue weighted by Crippen LogP contribution is 2.26. The first kappa shape index (κ1) is 21.4. The van der Waals surface area contributed by atoms with Gasteiger partial charge in [0.05, 0.1) is 5.92 Å². The molecule has 0 saturated carbocycles. The van der Waals surface area contributed by atoms with E-state index in [2.05, 4.69) is 67.0 Å². The van der Waals surface area contributed by atoms with Gasteiger partial charge in [0.2, 0.25) is 5.91 Å². The van der Waals surface area contributed by atoms with Crippen LogP contribution in [0.1, 0.15) is 24.0 Å². The average Bonchev–Trinajstić information content (AvgIpc) is 3.41. The monoisotopic (exact) mass is 446 g/mol. The number of amides is 1. The minimum absolute atomic E-state index is 0.00259. The maximum atomic E-state index is 13.3. The maximum absolute atomic E-state index is 13.3. The molecule has 172 valence electrons. The fourth-order valence-electron chi connectivity index (χ4n) is 4.83. The van der Waals surface area contributed by atoms with Gasteiger partial charge >= 0.3 is 0 Å². The smallest absolute Gasteiger partial charge is 0.227 e. The quantitative estimate of drug-likeness (QED) is 0.608. The van der Waals surface area contributed by atoms with Crippen molar-refractivity contribution in [1.29, 1.82) is 0 Å². The molecule has 0 bridgehead atoms. The lowest BCUT2D eigenvalue weighted by atomic mass is 9.96. The Balaban J connectivity index is 1.19. The zero-order valence-electron chi connectivity index (χ0n) is 19.3. The van der Waals surface area contributed by atoms with Crippen molar-refractivity contribution in [2.45, 2.75) is 26.7 Å². The largest absolute Gasteiger partial charge is 0.368 e. The third-order valence-electron chi connectivity index (χ3n) is 6.89. The van der Waals surface area contributed by atoms with Gasteiger partial charge in [-0.2, -0.15) is 5.10 Å². The first-order valence-electron chi connectivity index (χ1n) is 11.6. The van der Waals surface area contributed by atoms with E-state index in [0.717, 1.165) is 51.4 Å². The predicted octanol–water partition coefficient (Wildman–Crippen LogP) is 2.24. The van der Waals surface area contributed by atoms with Crippen LogP contribution in [-0.2, 0) is 4.79 Å². The lowest BCUT2D eigenvalue weighted by molar-refractivity contribution is -0.136. The van der Waals surface area contributed by atoms with Crippen molar-refractivity contribution in [2.75, 3.05) is 49.1 Å². The van der Waals surface area contributed by atoms with E-state index >= 15 is 0 Å². The fraction of sp³-hybridized carbons (Fsp3) is 0.458. The summed E-state index contributed by atoms with van der Waals surface area (Å²) in [7, 11) is 0. The van der Waals surface area contributed by atoms with Gasteiger partial charge in [-0.15, -0.1) is 10.2 Å². The number of hydrogen-bond acceptors (Lipinski definition) is 7. The van der Waals surface area contributed by atoms with Crippen molar-refractivity contribution in [3.8, 4) is 5.82 Å². The molecule has 9 nitrogen and oxygen atoms in total. The Morgan fingerprint density at radius 1 is 0.939 bits per heavy atom. The van der Waals surface area contributed by atoms with E-state index in [0.29, 0.717) is 12.4 Å². The molecular formula is C24H30N8O. The number of piperidine rings is 1. The van der Waals surface area contributed by atoms with E-state index in [9.17, 15) is 4.79 Å². The van der Waals surface area contributed by atoms with Gasteiger partial charge < -0.3 is 14.7 Å². The molecule has 1 unspecified atom stereocenters. The van der Waals surface area contributed by atoms with Crippen LogP contribution < -0.4 is 9.80 Å². The van der Waals surface area contributed by atoms with Gasteiger partial charge in [0, 0.05) is 45.0 Å². The topological polar surface area (TPSA) is 83.3 Å². The number of aryl methyl sites for hydroxylation is 1. The van der Waals surface area contributed by atoms with Gasteiger partial charge in [-0.3, -0.25) is 4.79 Å². The molecule has 0 radical (unpaired) electrons. The molecule has 1 amide bonds. The van der Waals surface area contributed by atoms with Crippen LogP contribution in [-0.4, -0.2) is 75.0 Å². The zero-order valence-corrected chi connectivity index (χ0v) is 19.3. The van der Waals surface area contributed by atoms with E-state index in [1.54, 1.807) is 11.0 Å². The van der Waals surface area contributed by atoms with Gasteiger partial charge in [0.1, 0.15) is 12.7 Å². The minimum atomic E-state index is 0.00259. The number of anilines is 2. The molecule has 3 aromatic rings. The normalized spacial score (nSPS) is 19.1. The third-order valence-corrected chi connectivity index (χ3v) is 6.89. The molecule has 2 aliphatic heterocycles. The molecule has 2 saturated heterocycles. The number of nitrogens with zero attached hydrogens (tertiary/aromatic N) is 8. The van der Waals surface area contributed by atoms with Gasteiger partial charge in [0.25, 0.3) is 0 Å². The summed E-state index contributed by atoms with van der Waals surface area (Å²) in [6.07, 6.45) is 4.97. The molecule has 1 atom stereocenters. The van der Waals surface area contributed by atoms with Crippen LogP contribution in [0, 0.1) is 19.8 Å². The number of piperazine rings is 1. The lowest BCUT2D eigenvalue weighted by Gasteiger charge is -2.40. The maximum Gasteiger partial charge on any atom is 0.227 e. The van der Waals surface area contributed by atoms with Crippen molar-refractivity contribution in [3.05, 3.63) is 54.1 Å². The van der Waals surface area contributed by atoms with Crippen LogP contribution in [0.2, 0.25) is 0 Å². The van der Waals surface area contributed by atoms with Crippen LogP contribution in [0.15, 0.2) is 43.0 Å². The first-order valence-corrected chi connectivity index (χ1v) is 11.6. The van der Waals surface area contributed by atoms with Crippen molar-refractivity contribution in [2.24, 2.45) is 5.92 Å². The number of hydrogen-bond donors (Lipinski definition) is 0. The highest BCUT2D eigenvalue weighted by molar-refractivity contribution is 5.80. The summed E-state index contributed by atoms with van der Waals surface area (Å²) in [5.74, 6) is 1.70. The van der Waals surface area contributed by atoms with E-state index in [1.165, 1.54) is 23.1 Å². The third kappa shape index (κ3) is 4.40. The Kier molecular flexibility index (Phi) is 5.93. The first-order chi connectivity index (χ1) is 16.1. The molecule has 9 heteroatoms. The summed E-state index contributed by atoms with van der Waals surface area (Å²) >= 11 is 0. The van der Waals surface area contributed by atoms with Gasteiger partial charge in [-0.1, -0.05) is 12.1 Å². The molecule has 5 rings (SSSR count). The minimum Gasteiger partial charge on any atom is -0.368 e. The number of carbonyl (C=O) groups is 1. The van der Waals surface area contributed by atoms with E-state index < -0.39 is 0 Å². The van der Waals surface area contributed by atoms with Gasteiger partial charge in [-0.25, -0.2) is 9.67 Å². The van der Waals surface area contributed by atoms with Crippen molar-refractivity contribution < 1.29 is 4.79 Å². The second-order valence-electron chi connectivity index (χ2n) is 8.91. The summed E-state index contributed by atoms with van der Waals surface area (Å²) in [5.41, 5.74) is 3.93. The Morgan fingerprint density at radius 2 is 1.73 bits per heavy atom. The number of rotatable bonds is 4. The Hall–Kier alpha value is -3.49. The summed E-state index contributed by atoms with van der Waals surface area (Å²) < 4.78 is 1.58. The highest BCUT2D eigenvalue weighted by atomic mass is 16.2. The van der Waals surface area contributed by atoms with Crippen molar-refractivity contribution in [1.82, 2.24) is 29.9 Å². The van der Waals surface area contributed by atoms with Crippen LogP contribution in [0.4, 0.5) is 11.5 Å². The summed E-state index contributed by atoms with van der Waals surface area (Å²) in [5, 5.41) is 12.7. The second kappa shape index (κ2) is 9.17. The molecule has 0 aliphatic carbocycles. The molecule has 2 fully saturated rings. The van der Waals surface area contributed by atoms with Crippen LogP contribution in [0.5, 0.6) is 0 Å². The van der Waals surface area contributed by atoms with Crippen LogP contribution in [0.3, 0.4) is 0 Å². The Labute approximate surface area is 194 Å². The van der Waals surface area contributed by atoms with E-state index in [-0.39, 0.29) is 11.8 Å². The molecule has 0 N–H and O–H groups in total. The SMILES string of the molecule is Cc1cccc(N2CCN(C(=O)C3CCCN(c4ccc(-n5cncn5)nn4)C3)CC2)c1C. The van der Waals surface area contributed by atoms with Crippen molar-refractivity contribution >= 4 is 17.4 Å².